The number of nitro groups is 1. The molecule has 0 bridgehead atoms. The molecule has 176 valence electrons. The third-order valence-electron chi connectivity index (χ3n) is 6.11. The largest absolute Gasteiger partial charge is 0.377 e. The third-order valence-corrected chi connectivity index (χ3v) is 8.06. The number of piperazine rings is 1. The number of anilines is 2. The molecule has 0 radical (unpaired) electrons. The quantitative estimate of drug-likeness (QED) is 0.312. The predicted octanol–water partition coefficient (Wildman–Crippen LogP) is 2.86. The van der Waals surface area contributed by atoms with E-state index in [1.807, 2.05) is 48.2 Å². The van der Waals surface area contributed by atoms with Gasteiger partial charge in [-0.25, -0.2) is 13.0 Å². The van der Waals surface area contributed by atoms with Crippen molar-refractivity contribution in [2.75, 3.05) is 50.1 Å². The van der Waals surface area contributed by atoms with Crippen molar-refractivity contribution in [2.24, 2.45) is 0 Å². The van der Waals surface area contributed by atoms with Crippen LogP contribution in [0.1, 0.15) is 0 Å². The first-order chi connectivity index (χ1) is 16.3. The number of aromatic nitrogens is 2. The lowest BCUT2D eigenvalue weighted by Gasteiger charge is -2.35. The van der Waals surface area contributed by atoms with Crippen LogP contribution in [0, 0.1) is 10.1 Å². The normalized spacial score (nSPS) is 15.2. The molecule has 0 N–H and O–H groups in total. The highest BCUT2D eigenvalue weighted by molar-refractivity contribution is 7.89. The minimum Gasteiger partial charge on any atom is -0.377 e. The molecule has 0 amide bonds. The minimum atomic E-state index is -3.73. The molecule has 34 heavy (non-hydrogen) atoms. The molecule has 5 rings (SSSR count). The monoisotopic (exact) mass is 482 g/mol. The summed E-state index contributed by atoms with van der Waals surface area (Å²) in [6, 6.07) is 13.9. The molecule has 4 aromatic rings. The highest BCUT2D eigenvalue weighted by Gasteiger charge is 2.31. The summed E-state index contributed by atoms with van der Waals surface area (Å²) in [4.78, 5) is 14.9. The first-order valence-electron chi connectivity index (χ1n) is 10.6. The molecule has 0 aliphatic carbocycles. The second-order valence-corrected chi connectivity index (χ2v) is 10.1. The number of hydrogen-bond acceptors (Lipinski definition) is 9. The fourth-order valence-electron chi connectivity index (χ4n) is 4.43. The van der Waals surface area contributed by atoms with Crippen LogP contribution < -0.4 is 9.80 Å². The Kier molecular flexibility index (Phi) is 5.33. The van der Waals surface area contributed by atoms with E-state index in [4.69, 9.17) is 4.63 Å². The Morgan fingerprint density at radius 3 is 2.32 bits per heavy atom. The van der Waals surface area contributed by atoms with Gasteiger partial charge in [-0.05, 0) is 28.5 Å². The van der Waals surface area contributed by atoms with Crippen molar-refractivity contribution in [3.8, 4) is 0 Å². The first-order valence-corrected chi connectivity index (χ1v) is 12.1. The lowest BCUT2D eigenvalue weighted by molar-refractivity contribution is -0.383. The van der Waals surface area contributed by atoms with Gasteiger partial charge >= 0.3 is 5.69 Å². The maximum absolute atomic E-state index is 13.6. The fourth-order valence-corrected chi connectivity index (χ4v) is 6.06. The van der Waals surface area contributed by atoms with E-state index >= 15 is 0 Å². The summed E-state index contributed by atoms with van der Waals surface area (Å²) in [5.74, 6) is 0. The number of sulfonamides is 1. The van der Waals surface area contributed by atoms with Crippen LogP contribution in [0.5, 0.6) is 0 Å². The maximum atomic E-state index is 13.6. The Hall–Kier alpha value is -3.77. The highest BCUT2D eigenvalue weighted by atomic mass is 32.2. The smallest absolute Gasteiger partial charge is 0.300 e. The van der Waals surface area contributed by atoms with E-state index in [1.54, 1.807) is 18.2 Å². The van der Waals surface area contributed by atoms with E-state index in [1.165, 1.54) is 10.4 Å². The van der Waals surface area contributed by atoms with E-state index in [0.717, 1.165) is 11.1 Å². The zero-order valence-electron chi connectivity index (χ0n) is 18.6. The number of benzene rings is 3. The highest BCUT2D eigenvalue weighted by Crippen LogP contribution is 2.34. The van der Waals surface area contributed by atoms with E-state index < -0.39 is 14.9 Å². The summed E-state index contributed by atoms with van der Waals surface area (Å²) in [6.45, 7) is 1.31. The Balaban J connectivity index is 1.43. The van der Waals surface area contributed by atoms with Gasteiger partial charge in [0, 0.05) is 62.8 Å². The van der Waals surface area contributed by atoms with Gasteiger partial charge in [0.1, 0.15) is 0 Å². The van der Waals surface area contributed by atoms with E-state index in [0.29, 0.717) is 24.2 Å². The average Bonchev–Trinajstić information content (AvgIpc) is 3.32. The molecule has 12 heteroatoms. The van der Waals surface area contributed by atoms with Crippen LogP contribution in [0.25, 0.3) is 21.8 Å². The van der Waals surface area contributed by atoms with Gasteiger partial charge in [-0.15, -0.1) is 0 Å². The molecule has 11 nitrogen and oxygen atoms in total. The van der Waals surface area contributed by atoms with Crippen molar-refractivity contribution >= 4 is 48.9 Å². The summed E-state index contributed by atoms with van der Waals surface area (Å²) < 4.78 is 33.4. The molecule has 2 heterocycles. The van der Waals surface area contributed by atoms with E-state index in [2.05, 4.69) is 10.3 Å². The molecule has 1 saturated heterocycles. The van der Waals surface area contributed by atoms with Crippen LogP contribution in [0.2, 0.25) is 0 Å². The lowest BCUT2D eigenvalue weighted by Crippen LogP contribution is -2.48. The molecule has 1 aromatic heterocycles. The van der Waals surface area contributed by atoms with Crippen molar-refractivity contribution in [3.05, 3.63) is 58.6 Å². The number of fused-ring (bicyclic) bond motifs is 2. The first kappa shape index (κ1) is 22.0. The van der Waals surface area contributed by atoms with Crippen molar-refractivity contribution in [2.45, 2.75) is 4.90 Å². The van der Waals surface area contributed by atoms with Gasteiger partial charge in [0.15, 0.2) is 5.52 Å². The molecule has 3 aromatic carbocycles. The standard InChI is InChI=1S/C22H22N6O5S/c1-25(2)17-7-3-6-16-15(17)5-4-8-20(16)34(31,32)27-13-11-26(12-14-27)18-9-10-19(28(29)30)22-21(18)23-33-24-22/h3-10H,11-14H2,1-2H3. The van der Waals surface area contributed by atoms with Crippen LogP contribution in [0.15, 0.2) is 58.1 Å². The SMILES string of the molecule is CN(C)c1cccc2c(S(=O)(=O)N3CCN(c4ccc([N+](=O)[O-])c5nonc45)CC3)cccc12. The molecule has 0 unspecified atom stereocenters. The van der Waals surface area contributed by atoms with Crippen molar-refractivity contribution in [1.82, 2.24) is 14.6 Å². The zero-order chi connectivity index (χ0) is 24.0. The van der Waals surface area contributed by atoms with Crippen LogP contribution in [-0.2, 0) is 10.0 Å². The minimum absolute atomic E-state index is 0.0741. The van der Waals surface area contributed by atoms with Gasteiger partial charge in [0.25, 0.3) is 0 Å². The van der Waals surface area contributed by atoms with Crippen LogP contribution >= 0.6 is 0 Å². The van der Waals surface area contributed by atoms with Gasteiger partial charge in [-0.1, -0.05) is 24.3 Å². The topological polar surface area (TPSA) is 126 Å². The Morgan fingerprint density at radius 1 is 0.941 bits per heavy atom. The van der Waals surface area contributed by atoms with Gasteiger partial charge in [-0.3, -0.25) is 10.1 Å². The molecule has 0 atom stereocenters. The summed E-state index contributed by atoms with van der Waals surface area (Å²) in [5.41, 5.74) is 1.75. The van der Waals surface area contributed by atoms with Crippen molar-refractivity contribution < 1.29 is 18.0 Å². The molecule has 1 fully saturated rings. The van der Waals surface area contributed by atoms with Crippen LogP contribution in [0.4, 0.5) is 17.1 Å². The molecule has 0 saturated carbocycles. The van der Waals surface area contributed by atoms with Gasteiger partial charge in [0.05, 0.1) is 15.5 Å². The summed E-state index contributed by atoms with van der Waals surface area (Å²) >= 11 is 0. The molecule has 1 aliphatic heterocycles. The number of nitrogens with zero attached hydrogens (tertiary/aromatic N) is 6. The van der Waals surface area contributed by atoms with Gasteiger partial charge in [-0.2, -0.15) is 4.31 Å². The van der Waals surface area contributed by atoms with E-state index in [-0.39, 0.29) is 34.7 Å². The van der Waals surface area contributed by atoms with Crippen LogP contribution in [0.3, 0.4) is 0 Å². The second-order valence-electron chi connectivity index (χ2n) is 8.24. The van der Waals surface area contributed by atoms with Gasteiger partial charge < -0.3 is 9.80 Å². The summed E-state index contributed by atoms with van der Waals surface area (Å²) in [7, 11) is 0.117. The van der Waals surface area contributed by atoms with Crippen molar-refractivity contribution in [1.29, 1.82) is 0 Å². The Morgan fingerprint density at radius 2 is 1.62 bits per heavy atom. The second kappa shape index (κ2) is 8.22. The Bertz CT molecular complexity index is 1510. The number of rotatable bonds is 5. The number of hydrogen-bond donors (Lipinski definition) is 0. The van der Waals surface area contributed by atoms with E-state index in [9.17, 15) is 18.5 Å². The average molecular weight is 483 g/mol. The maximum Gasteiger partial charge on any atom is 0.300 e. The van der Waals surface area contributed by atoms with Crippen molar-refractivity contribution in [3.63, 3.8) is 0 Å². The molecule has 0 spiro atoms. The zero-order valence-corrected chi connectivity index (χ0v) is 19.4. The summed E-state index contributed by atoms with van der Waals surface area (Å²) in [6.07, 6.45) is 0. The molecular formula is C22H22N6O5S. The van der Waals surface area contributed by atoms with Gasteiger partial charge in [0.2, 0.25) is 15.5 Å². The Labute approximate surface area is 195 Å². The van der Waals surface area contributed by atoms with Crippen LogP contribution in [-0.4, -0.2) is 68.2 Å². The number of nitro benzene ring substituents is 1. The fraction of sp³-hybridized carbons (Fsp3) is 0.273. The number of non-ortho nitro benzene ring substituents is 1. The summed E-state index contributed by atoms with van der Waals surface area (Å²) in [5, 5.41) is 20.3. The third kappa shape index (κ3) is 3.51. The molecule has 1 aliphatic rings. The lowest BCUT2D eigenvalue weighted by atomic mass is 10.1. The predicted molar refractivity (Wildman–Crippen MR) is 128 cm³/mol. The molecular weight excluding hydrogens is 460 g/mol.